The average Bonchev–Trinajstić information content (AvgIpc) is 3.24. The summed E-state index contributed by atoms with van der Waals surface area (Å²) in [4.78, 5) is 30.6. The summed E-state index contributed by atoms with van der Waals surface area (Å²) in [6, 6.07) is 17.2. The van der Waals surface area contributed by atoms with Crippen molar-refractivity contribution in [2.45, 2.75) is 20.8 Å². The number of ether oxygens (including phenoxy) is 1. The number of nitrogens with one attached hydrogen (secondary N) is 1. The zero-order valence-corrected chi connectivity index (χ0v) is 20.7. The third kappa shape index (κ3) is 4.29. The molecule has 3 aromatic heterocycles. The number of benzene rings is 2. The van der Waals surface area contributed by atoms with Gasteiger partial charge < -0.3 is 15.2 Å². The average molecular weight is 497 g/mol. The molecule has 0 atom stereocenters. The van der Waals surface area contributed by atoms with Crippen LogP contribution >= 0.6 is 0 Å². The number of hydrogen-bond donors (Lipinski definition) is 2. The quantitative estimate of drug-likeness (QED) is 0.379. The van der Waals surface area contributed by atoms with Crippen molar-refractivity contribution in [1.82, 2.24) is 24.5 Å². The summed E-state index contributed by atoms with van der Waals surface area (Å²) in [6.07, 6.45) is 0. The number of carbonyl (C=O) groups excluding carboxylic acids is 1. The first-order valence-corrected chi connectivity index (χ1v) is 11.5. The molecule has 0 unspecified atom stereocenters. The monoisotopic (exact) mass is 496 g/mol. The normalized spacial score (nSPS) is 11.0. The van der Waals surface area contributed by atoms with E-state index in [1.54, 1.807) is 37.3 Å². The Kier molecular flexibility index (Phi) is 5.92. The Balaban J connectivity index is 1.56. The fraction of sp³-hybridized carbons (Fsp3) is 0.148. The molecule has 2 aromatic carbocycles. The van der Waals surface area contributed by atoms with Gasteiger partial charge in [-0.05, 0) is 50.1 Å². The minimum absolute atomic E-state index is 0.330. The first-order chi connectivity index (χ1) is 17.8. The number of para-hydroxylation sites is 3. The second-order valence-corrected chi connectivity index (χ2v) is 8.61. The number of nitrogens with zero attached hydrogens (tertiary/aromatic N) is 5. The maximum atomic E-state index is 13.3. The summed E-state index contributed by atoms with van der Waals surface area (Å²) < 4.78 is 7.85. The molecule has 0 radical (unpaired) electrons. The zero-order chi connectivity index (χ0) is 26.3. The molecule has 0 spiro atoms. The van der Waals surface area contributed by atoms with E-state index in [1.165, 1.54) is 11.8 Å². The fourth-order valence-electron chi connectivity index (χ4n) is 4.18. The van der Waals surface area contributed by atoms with Crippen LogP contribution in [0.5, 0.6) is 11.5 Å². The van der Waals surface area contributed by atoms with Gasteiger partial charge in [0.05, 0.1) is 18.3 Å². The van der Waals surface area contributed by atoms with Gasteiger partial charge in [0.25, 0.3) is 11.5 Å². The van der Waals surface area contributed by atoms with Crippen LogP contribution < -0.4 is 15.6 Å². The summed E-state index contributed by atoms with van der Waals surface area (Å²) >= 11 is 0. The third-order valence-electron chi connectivity index (χ3n) is 5.96. The number of fused-ring (bicyclic) bond motifs is 1. The minimum atomic E-state index is -0.726. The standard InChI is InChI=1S/C27H24N6O4/c1-15-8-7-9-18-16(2)12-22(28-25(15)18)33-23(13-17(3)30-33)29-27(36)26-20(34)14-24(35)32(31-26)19-10-5-6-11-21(19)37-4/h5-14,34H,1-4H3,(H,29,36). The number of carbonyl (C=O) groups is 1. The molecule has 0 aliphatic heterocycles. The highest BCUT2D eigenvalue weighted by Gasteiger charge is 2.21. The van der Waals surface area contributed by atoms with Gasteiger partial charge in [0, 0.05) is 17.5 Å². The van der Waals surface area contributed by atoms with Crippen molar-refractivity contribution < 1.29 is 14.6 Å². The molecule has 0 aliphatic rings. The Morgan fingerprint density at radius 3 is 2.51 bits per heavy atom. The predicted octanol–water partition coefficient (Wildman–Crippen LogP) is 3.86. The third-order valence-corrected chi connectivity index (χ3v) is 5.96. The second kappa shape index (κ2) is 9.23. The van der Waals surface area contributed by atoms with E-state index in [9.17, 15) is 14.7 Å². The highest BCUT2D eigenvalue weighted by atomic mass is 16.5. The smallest absolute Gasteiger partial charge is 0.281 e. The molecule has 0 bridgehead atoms. The Bertz CT molecular complexity index is 1740. The lowest BCUT2D eigenvalue weighted by atomic mass is 10.1. The molecule has 3 heterocycles. The number of aromatic nitrogens is 5. The largest absolute Gasteiger partial charge is 0.505 e. The van der Waals surface area contributed by atoms with Crippen LogP contribution in [0.15, 0.2) is 65.5 Å². The van der Waals surface area contributed by atoms with Crippen molar-refractivity contribution in [3.05, 3.63) is 93.5 Å². The predicted molar refractivity (Wildman–Crippen MR) is 139 cm³/mol. The van der Waals surface area contributed by atoms with Gasteiger partial charge in [0.2, 0.25) is 0 Å². The van der Waals surface area contributed by atoms with Crippen LogP contribution in [0, 0.1) is 20.8 Å². The van der Waals surface area contributed by atoms with Crippen LogP contribution in [0.3, 0.4) is 0 Å². The number of hydrogen-bond acceptors (Lipinski definition) is 7. The number of pyridine rings is 1. The van der Waals surface area contributed by atoms with Crippen molar-refractivity contribution >= 4 is 22.6 Å². The van der Waals surface area contributed by atoms with E-state index in [0.717, 1.165) is 32.8 Å². The molecule has 2 N–H and O–H groups in total. The van der Waals surface area contributed by atoms with Crippen LogP contribution in [0.2, 0.25) is 0 Å². The van der Waals surface area contributed by atoms with Crippen molar-refractivity contribution in [1.29, 1.82) is 0 Å². The molecule has 10 nitrogen and oxygen atoms in total. The summed E-state index contributed by atoms with van der Waals surface area (Å²) in [5.74, 6) is -0.0314. The summed E-state index contributed by atoms with van der Waals surface area (Å²) in [5, 5.41) is 22.8. The minimum Gasteiger partial charge on any atom is -0.505 e. The lowest BCUT2D eigenvalue weighted by molar-refractivity contribution is 0.101. The van der Waals surface area contributed by atoms with Crippen LogP contribution in [0.1, 0.15) is 27.3 Å². The van der Waals surface area contributed by atoms with E-state index in [1.807, 2.05) is 38.1 Å². The topological polar surface area (TPSA) is 124 Å². The first-order valence-electron chi connectivity index (χ1n) is 11.5. The van der Waals surface area contributed by atoms with Gasteiger partial charge in [-0.15, -0.1) is 0 Å². The Labute approximate surface area is 211 Å². The van der Waals surface area contributed by atoms with Gasteiger partial charge in [-0.2, -0.15) is 19.6 Å². The molecule has 5 aromatic rings. The van der Waals surface area contributed by atoms with Gasteiger partial charge in [0.1, 0.15) is 17.3 Å². The molecule has 0 fully saturated rings. The van der Waals surface area contributed by atoms with E-state index in [0.29, 0.717) is 28.8 Å². The van der Waals surface area contributed by atoms with Crippen LogP contribution in [0.25, 0.3) is 22.4 Å². The highest BCUT2D eigenvalue weighted by molar-refractivity contribution is 6.04. The van der Waals surface area contributed by atoms with E-state index in [4.69, 9.17) is 9.72 Å². The molecule has 10 heteroatoms. The van der Waals surface area contributed by atoms with Gasteiger partial charge >= 0.3 is 0 Å². The number of rotatable bonds is 5. The van der Waals surface area contributed by atoms with Crippen molar-refractivity contribution in [3.63, 3.8) is 0 Å². The molecule has 5 rings (SSSR count). The molecular formula is C27H24N6O4. The molecule has 0 saturated carbocycles. The van der Waals surface area contributed by atoms with Gasteiger partial charge in [-0.3, -0.25) is 9.59 Å². The van der Waals surface area contributed by atoms with Crippen LogP contribution in [-0.2, 0) is 0 Å². The van der Waals surface area contributed by atoms with Crippen molar-refractivity contribution in [3.8, 4) is 23.0 Å². The number of amides is 1. The lowest BCUT2D eigenvalue weighted by Gasteiger charge is -2.13. The lowest BCUT2D eigenvalue weighted by Crippen LogP contribution is -2.26. The van der Waals surface area contributed by atoms with Gasteiger partial charge in [-0.1, -0.05) is 30.3 Å². The maximum absolute atomic E-state index is 13.3. The molecule has 1 amide bonds. The highest BCUT2D eigenvalue weighted by Crippen LogP contribution is 2.26. The number of anilines is 1. The van der Waals surface area contributed by atoms with E-state index < -0.39 is 17.2 Å². The Hall–Kier alpha value is -4.99. The zero-order valence-electron chi connectivity index (χ0n) is 20.7. The summed E-state index contributed by atoms with van der Waals surface area (Å²) in [5.41, 5.74) is 2.89. The summed E-state index contributed by atoms with van der Waals surface area (Å²) in [6.45, 7) is 5.77. The molecule has 0 saturated heterocycles. The maximum Gasteiger partial charge on any atom is 0.281 e. The first kappa shape index (κ1) is 23.7. The number of aromatic hydroxyl groups is 1. The Morgan fingerprint density at radius 1 is 0.946 bits per heavy atom. The fourth-order valence-corrected chi connectivity index (χ4v) is 4.18. The van der Waals surface area contributed by atoms with E-state index >= 15 is 0 Å². The van der Waals surface area contributed by atoms with Crippen molar-refractivity contribution in [2.75, 3.05) is 12.4 Å². The SMILES string of the molecule is COc1ccccc1-n1nc(C(=O)Nc2cc(C)nn2-c2cc(C)c3cccc(C)c3n2)c(O)cc1=O. The Morgan fingerprint density at radius 2 is 1.73 bits per heavy atom. The van der Waals surface area contributed by atoms with E-state index in [2.05, 4.69) is 15.5 Å². The summed E-state index contributed by atoms with van der Waals surface area (Å²) in [7, 11) is 1.46. The van der Waals surface area contributed by atoms with Crippen LogP contribution in [-0.4, -0.2) is 42.7 Å². The number of aryl methyl sites for hydroxylation is 3. The van der Waals surface area contributed by atoms with Gasteiger partial charge in [0.15, 0.2) is 17.3 Å². The van der Waals surface area contributed by atoms with Crippen molar-refractivity contribution in [2.24, 2.45) is 0 Å². The van der Waals surface area contributed by atoms with Crippen LogP contribution in [0.4, 0.5) is 5.82 Å². The number of methoxy groups -OCH3 is 1. The second-order valence-electron chi connectivity index (χ2n) is 8.61. The molecule has 0 aliphatic carbocycles. The van der Waals surface area contributed by atoms with Gasteiger partial charge in [-0.25, -0.2) is 4.98 Å². The molecular weight excluding hydrogens is 472 g/mol. The molecule has 37 heavy (non-hydrogen) atoms. The molecule has 186 valence electrons. The van der Waals surface area contributed by atoms with E-state index in [-0.39, 0.29) is 5.69 Å².